The van der Waals surface area contributed by atoms with Crippen LogP contribution < -0.4 is 11.2 Å². The summed E-state index contributed by atoms with van der Waals surface area (Å²) >= 11 is 0. The maximum atomic E-state index is 11.8. The van der Waals surface area contributed by atoms with Crippen molar-refractivity contribution in [1.29, 1.82) is 0 Å². The van der Waals surface area contributed by atoms with Crippen molar-refractivity contribution in [3.8, 4) is 0 Å². The Kier molecular flexibility index (Phi) is 3.88. The van der Waals surface area contributed by atoms with Gasteiger partial charge in [0.25, 0.3) is 5.56 Å². The van der Waals surface area contributed by atoms with Crippen molar-refractivity contribution < 1.29 is 14.6 Å². The van der Waals surface area contributed by atoms with Crippen LogP contribution in [0, 0.1) is 5.92 Å². The van der Waals surface area contributed by atoms with Crippen LogP contribution >= 0.6 is 0 Å². The number of hydrogen-bond acceptors (Lipinski definition) is 5. The van der Waals surface area contributed by atoms with Gasteiger partial charge >= 0.3 is 5.69 Å². The second kappa shape index (κ2) is 5.28. The van der Waals surface area contributed by atoms with E-state index in [1.165, 1.54) is 23.9 Å². The summed E-state index contributed by atoms with van der Waals surface area (Å²) in [7, 11) is 1.53. The number of hydrogen-bond donors (Lipinski definition) is 2. The third kappa shape index (κ3) is 2.49. The average molecular weight is 270 g/mol. The summed E-state index contributed by atoms with van der Waals surface area (Å²) in [6, 6.07) is 1.25. The van der Waals surface area contributed by atoms with Gasteiger partial charge in [0.2, 0.25) is 0 Å². The minimum atomic E-state index is -0.670. The normalized spacial score (nSPS) is 32.4. The van der Waals surface area contributed by atoms with E-state index in [2.05, 4.69) is 4.98 Å². The van der Waals surface area contributed by atoms with E-state index in [1.54, 1.807) is 6.92 Å². The molecular formula is C12H18N2O5. The smallest absolute Gasteiger partial charge is 0.330 e. The quantitative estimate of drug-likeness (QED) is 0.770. The van der Waals surface area contributed by atoms with Crippen molar-refractivity contribution in [2.24, 2.45) is 5.92 Å². The molecule has 0 aromatic carbocycles. The van der Waals surface area contributed by atoms with Gasteiger partial charge in [-0.25, -0.2) is 4.79 Å². The summed E-state index contributed by atoms with van der Waals surface area (Å²) in [5.41, 5.74) is -1.02. The largest absolute Gasteiger partial charge is 0.391 e. The molecule has 0 amide bonds. The van der Waals surface area contributed by atoms with Crippen LogP contribution in [-0.4, -0.2) is 40.1 Å². The zero-order chi connectivity index (χ0) is 14.2. The molecule has 1 aliphatic rings. The number of ether oxygens (including phenoxy) is 2. The van der Waals surface area contributed by atoms with Gasteiger partial charge in [-0.2, -0.15) is 0 Å². The Bertz CT molecular complexity index is 550. The standard InChI is InChI=1S/C12H18N2O5/c1-6-9(7(2)15)19-11(10(6)18-3)14-5-4-8(16)13-12(14)17/h4-7,9-11,15H,1-3H3,(H,13,16,17)/t6-,7-,9-,10?,11+/m0/s1. The molecular weight excluding hydrogens is 252 g/mol. The molecule has 0 spiro atoms. The number of aliphatic hydroxyl groups is 1. The minimum Gasteiger partial charge on any atom is -0.391 e. The van der Waals surface area contributed by atoms with E-state index in [9.17, 15) is 14.7 Å². The Morgan fingerprint density at radius 3 is 2.74 bits per heavy atom. The number of methoxy groups -OCH3 is 1. The number of nitrogens with zero attached hydrogens (tertiary/aromatic N) is 1. The SMILES string of the molecule is COC1[C@@H](C)[C@@H]([C@H](C)O)O[C@H]1n1ccc(=O)[nH]c1=O. The Hall–Kier alpha value is -1.44. The lowest BCUT2D eigenvalue weighted by atomic mass is 9.97. The van der Waals surface area contributed by atoms with E-state index in [-0.39, 0.29) is 12.0 Å². The second-order valence-electron chi connectivity index (χ2n) is 4.81. The number of aromatic amines is 1. The number of aliphatic hydroxyl groups excluding tert-OH is 1. The fourth-order valence-corrected chi connectivity index (χ4v) is 2.54. The summed E-state index contributed by atoms with van der Waals surface area (Å²) in [6.45, 7) is 3.52. The van der Waals surface area contributed by atoms with Crippen LogP contribution in [0.2, 0.25) is 0 Å². The van der Waals surface area contributed by atoms with E-state index in [4.69, 9.17) is 9.47 Å². The molecule has 0 bridgehead atoms. The topological polar surface area (TPSA) is 93.5 Å². The zero-order valence-corrected chi connectivity index (χ0v) is 11.1. The molecule has 2 N–H and O–H groups in total. The molecule has 1 aliphatic heterocycles. The first kappa shape index (κ1) is 14.0. The number of nitrogens with one attached hydrogen (secondary N) is 1. The van der Waals surface area contributed by atoms with Gasteiger partial charge in [-0.05, 0) is 6.92 Å². The van der Waals surface area contributed by atoms with Crippen molar-refractivity contribution in [3.05, 3.63) is 33.1 Å². The molecule has 5 atom stereocenters. The Balaban J connectivity index is 2.38. The number of aromatic nitrogens is 2. The fraction of sp³-hybridized carbons (Fsp3) is 0.667. The monoisotopic (exact) mass is 270 g/mol. The van der Waals surface area contributed by atoms with E-state index in [0.29, 0.717) is 0 Å². The molecule has 0 radical (unpaired) electrons. The number of H-pyrrole nitrogens is 1. The molecule has 0 aliphatic carbocycles. The van der Waals surface area contributed by atoms with Gasteiger partial charge in [-0.15, -0.1) is 0 Å². The maximum Gasteiger partial charge on any atom is 0.330 e. The van der Waals surface area contributed by atoms with Crippen LogP contribution in [0.1, 0.15) is 20.1 Å². The molecule has 7 heteroatoms. The highest BCUT2D eigenvalue weighted by Gasteiger charge is 2.45. The fourth-order valence-electron chi connectivity index (χ4n) is 2.54. The minimum absolute atomic E-state index is 0.0752. The van der Waals surface area contributed by atoms with E-state index >= 15 is 0 Å². The first-order chi connectivity index (χ1) is 8.95. The Morgan fingerprint density at radius 1 is 1.53 bits per heavy atom. The van der Waals surface area contributed by atoms with Crippen molar-refractivity contribution in [3.63, 3.8) is 0 Å². The molecule has 1 fully saturated rings. The zero-order valence-electron chi connectivity index (χ0n) is 11.1. The molecule has 0 saturated carbocycles. The molecule has 1 aromatic heterocycles. The summed E-state index contributed by atoms with van der Waals surface area (Å²) in [4.78, 5) is 25.0. The van der Waals surface area contributed by atoms with E-state index in [0.717, 1.165) is 0 Å². The highest BCUT2D eigenvalue weighted by molar-refractivity contribution is 4.93. The molecule has 7 nitrogen and oxygen atoms in total. The van der Waals surface area contributed by atoms with Crippen LogP contribution in [0.15, 0.2) is 21.9 Å². The lowest BCUT2D eigenvalue weighted by Crippen LogP contribution is -2.36. The van der Waals surface area contributed by atoms with E-state index < -0.39 is 29.7 Å². The molecule has 106 valence electrons. The molecule has 1 aromatic rings. The van der Waals surface area contributed by atoms with Gasteiger partial charge in [-0.3, -0.25) is 14.3 Å². The number of rotatable bonds is 3. The van der Waals surface area contributed by atoms with Crippen molar-refractivity contribution in [1.82, 2.24) is 9.55 Å². The molecule has 1 saturated heterocycles. The van der Waals surface area contributed by atoms with Gasteiger partial charge < -0.3 is 14.6 Å². The Morgan fingerprint density at radius 2 is 2.21 bits per heavy atom. The summed E-state index contributed by atoms with van der Waals surface area (Å²) < 4.78 is 12.4. The first-order valence-electron chi connectivity index (χ1n) is 6.13. The first-order valence-corrected chi connectivity index (χ1v) is 6.13. The molecule has 2 rings (SSSR count). The van der Waals surface area contributed by atoms with Crippen molar-refractivity contribution >= 4 is 0 Å². The maximum absolute atomic E-state index is 11.8. The lowest BCUT2D eigenvalue weighted by molar-refractivity contribution is -0.0800. The summed E-state index contributed by atoms with van der Waals surface area (Å²) in [6.07, 6.45) is -0.758. The van der Waals surface area contributed by atoms with Crippen LogP contribution in [0.5, 0.6) is 0 Å². The highest BCUT2D eigenvalue weighted by Crippen LogP contribution is 2.36. The predicted molar refractivity (Wildman–Crippen MR) is 66.9 cm³/mol. The second-order valence-corrected chi connectivity index (χ2v) is 4.81. The molecule has 19 heavy (non-hydrogen) atoms. The van der Waals surface area contributed by atoms with Crippen molar-refractivity contribution in [2.75, 3.05) is 7.11 Å². The lowest BCUT2D eigenvalue weighted by Gasteiger charge is -2.20. The molecule has 2 heterocycles. The third-order valence-electron chi connectivity index (χ3n) is 3.49. The van der Waals surface area contributed by atoms with Crippen LogP contribution in [-0.2, 0) is 9.47 Å². The van der Waals surface area contributed by atoms with Gasteiger partial charge in [0.1, 0.15) is 6.10 Å². The van der Waals surface area contributed by atoms with Crippen LogP contribution in [0.3, 0.4) is 0 Å². The van der Waals surface area contributed by atoms with Gasteiger partial charge in [0.05, 0.1) is 12.2 Å². The van der Waals surface area contributed by atoms with Gasteiger partial charge in [0.15, 0.2) is 6.23 Å². The van der Waals surface area contributed by atoms with Crippen LogP contribution in [0.4, 0.5) is 0 Å². The van der Waals surface area contributed by atoms with Gasteiger partial charge in [0, 0.05) is 25.3 Å². The summed E-state index contributed by atoms with van der Waals surface area (Å²) in [5, 5.41) is 9.69. The van der Waals surface area contributed by atoms with E-state index in [1.807, 2.05) is 6.92 Å². The summed E-state index contributed by atoms with van der Waals surface area (Å²) in [5.74, 6) is -0.0752. The highest BCUT2D eigenvalue weighted by atomic mass is 16.6. The predicted octanol–water partition coefficient (Wildman–Crippen LogP) is -0.534. The average Bonchev–Trinajstić information content (AvgIpc) is 2.66. The molecule has 1 unspecified atom stereocenters. The van der Waals surface area contributed by atoms with Crippen molar-refractivity contribution in [2.45, 2.75) is 38.4 Å². The Labute approximate surface area is 109 Å². The van der Waals surface area contributed by atoms with Gasteiger partial charge in [-0.1, -0.05) is 6.92 Å². The third-order valence-corrected chi connectivity index (χ3v) is 3.49. The van der Waals surface area contributed by atoms with Crippen LogP contribution in [0.25, 0.3) is 0 Å².